The Labute approximate surface area is 456 Å². The van der Waals surface area contributed by atoms with Gasteiger partial charge in [0, 0.05) is 12.8 Å². The molecule has 0 aliphatic heterocycles. The van der Waals surface area contributed by atoms with Gasteiger partial charge in [0.25, 0.3) is 0 Å². The van der Waals surface area contributed by atoms with Crippen LogP contribution in [0.15, 0.2) is 24.3 Å². The Kier molecular flexibility index (Phi) is 61.4. The molecule has 0 spiro atoms. The molecule has 0 rings (SSSR count). The maximum absolute atomic E-state index is 12.4. The second-order valence-electron chi connectivity index (χ2n) is 22.8. The van der Waals surface area contributed by atoms with Gasteiger partial charge >= 0.3 is 5.97 Å². The van der Waals surface area contributed by atoms with Gasteiger partial charge in [-0.05, 0) is 57.8 Å². The van der Waals surface area contributed by atoms with Gasteiger partial charge in [-0.2, -0.15) is 0 Å². The number of rotatable bonds is 62. The smallest absolute Gasteiger partial charge is 0.305 e. The fraction of sp³-hybridized carbons (Fsp3) is 0.910. The number of aliphatic hydroxyl groups excluding tert-OH is 2. The van der Waals surface area contributed by atoms with E-state index in [0.29, 0.717) is 19.4 Å². The molecule has 0 radical (unpaired) electrons. The molecule has 73 heavy (non-hydrogen) atoms. The summed E-state index contributed by atoms with van der Waals surface area (Å²) in [5.41, 5.74) is 0. The predicted molar refractivity (Wildman–Crippen MR) is 320 cm³/mol. The normalized spacial score (nSPS) is 12.7. The summed E-state index contributed by atoms with van der Waals surface area (Å²) >= 11 is 0. The first-order valence-electron chi connectivity index (χ1n) is 33.1. The van der Waals surface area contributed by atoms with Gasteiger partial charge in [-0.1, -0.05) is 321 Å². The van der Waals surface area contributed by atoms with Gasteiger partial charge in [0.1, 0.15) is 0 Å². The highest BCUT2D eigenvalue weighted by molar-refractivity contribution is 5.76. The third-order valence-electron chi connectivity index (χ3n) is 15.5. The fourth-order valence-electron chi connectivity index (χ4n) is 10.4. The summed E-state index contributed by atoms with van der Waals surface area (Å²) in [4.78, 5) is 24.5. The molecule has 0 fully saturated rings. The van der Waals surface area contributed by atoms with Gasteiger partial charge in [-0.3, -0.25) is 9.59 Å². The molecular formula is C67H129NO5. The van der Waals surface area contributed by atoms with E-state index in [0.717, 1.165) is 38.5 Å². The fourth-order valence-corrected chi connectivity index (χ4v) is 10.4. The second kappa shape index (κ2) is 62.9. The number of nitrogens with one attached hydrogen (secondary N) is 1. The van der Waals surface area contributed by atoms with Crippen LogP contribution in [0, 0.1) is 0 Å². The van der Waals surface area contributed by atoms with Crippen molar-refractivity contribution in [1.82, 2.24) is 5.32 Å². The number of aliphatic hydroxyl groups is 2. The van der Waals surface area contributed by atoms with Crippen molar-refractivity contribution in [3.05, 3.63) is 24.3 Å². The van der Waals surface area contributed by atoms with E-state index in [9.17, 15) is 19.8 Å². The van der Waals surface area contributed by atoms with Crippen molar-refractivity contribution < 1.29 is 24.5 Å². The molecule has 0 saturated heterocycles. The molecule has 0 aromatic carbocycles. The first-order valence-corrected chi connectivity index (χ1v) is 33.1. The van der Waals surface area contributed by atoms with Crippen molar-refractivity contribution >= 4 is 11.9 Å². The molecule has 6 nitrogen and oxygen atoms in total. The number of carbonyl (C=O) groups is 2. The first kappa shape index (κ1) is 71.3. The zero-order valence-electron chi connectivity index (χ0n) is 49.4. The van der Waals surface area contributed by atoms with E-state index in [2.05, 4.69) is 31.3 Å². The Morgan fingerprint density at radius 3 is 0.973 bits per heavy atom. The van der Waals surface area contributed by atoms with Gasteiger partial charge < -0.3 is 20.3 Å². The minimum atomic E-state index is -0.841. The lowest BCUT2D eigenvalue weighted by Gasteiger charge is -2.20. The van der Waals surface area contributed by atoms with E-state index < -0.39 is 12.1 Å². The van der Waals surface area contributed by atoms with E-state index in [1.165, 1.54) is 302 Å². The standard InChI is InChI=1S/C67H129NO5/c1-3-5-7-9-11-13-15-16-17-35-38-41-45-49-53-57-61-67(72)73-62-58-54-50-46-42-39-36-33-31-29-27-25-23-21-19-18-20-22-24-26-28-30-32-34-37-40-44-48-52-56-60-66(71)68-64(63-69)65(70)59-55-51-47-43-14-12-10-8-6-4-2/h19,21,55,59,64-65,69-70H,3-18,20,22-54,56-58,60-63H2,1-2H3,(H,68,71)/b21-19-,59-55+. The molecule has 0 aliphatic rings. The summed E-state index contributed by atoms with van der Waals surface area (Å²) in [5, 5.41) is 23.0. The molecule has 6 heteroatoms. The number of esters is 1. The van der Waals surface area contributed by atoms with Gasteiger partial charge in [0.2, 0.25) is 5.91 Å². The number of unbranched alkanes of at least 4 members (excludes halogenated alkanes) is 49. The van der Waals surface area contributed by atoms with Crippen molar-refractivity contribution in [3.8, 4) is 0 Å². The van der Waals surface area contributed by atoms with Crippen LogP contribution in [0.4, 0.5) is 0 Å². The highest BCUT2D eigenvalue weighted by Crippen LogP contribution is 2.18. The van der Waals surface area contributed by atoms with E-state index in [1.807, 2.05) is 6.08 Å². The quantitative estimate of drug-likeness (QED) is 0.0320. The van der Waals surface area contributed by atoms with Crippen molar-refractivity contribution in [2.24, 2.45) is 0 Å². The number of amides is 1. The maximum atomic E-state index is 12.4. The summed E-state index contributed by atoms with van der Waals surface area (Å²) in [7, 11) is 0. The molecule has 0 aromatic rings. The summed E-state index contributed by atoms with van der Waals surface area (Å²) in [6.45, 7) is 4.91. The minimum Gasteiger partial charge on any atom is -0.466 e. The van der Waals surface area contributed by atoms with E-state index in [-0.39, 0.29) is 18.5 Å². The zero-order valence-corrected chi connectivity index (χ0v) is 49.4. The van der Waals surface area contributed by atoms with Crippen LogP contribution in [0.3, 0.4) is 0 Å². The van der Waals surface area contributed by atoms with Gasteiger partial charge in [0.05, 0.1) is 25.4 Å². The zero-order chi connectivity index (χ0) is 52.9. The number of hydrogen-bond donors (Lipinski definition) is 3. The molecular weight excluding hydrogens is 899 g/mol. The van der Waals surface area contributed by atoms with E-state index in [4.69, 9.17) is 4.74 Å². The summed E-state index contributed by atoms with van der Waals surface area (Å²) in [5.74, 6) is -0.0465. The lowest BCUT2D eigenvalue weighted by molar-refractivity contribution is -0.143. The molecule has 2 atom stereocenters. The highest BCUT2D eigenvalue weighted by Gasteiger charge is 2.18. The molecule has 1 amide bonds. The van der Waals surface area contributed by atoms with E-state index in [1.54, 1.807) is 6.08 Å². The number of hydrogen-bond acceptors (Lipinski definition) is 5. The molecule has 0 bridgehead atoms. The van der Waals surface area contributed by atoms with Gasteiger partial charge in [0.15, 0.2) is 0 Å². The molecule has 0 aliphatic carbocycles. The Balaban J connectivity index is 3.34. The number of ether oxygens (including phenoxy) is 1. The van der Waals surface area contributed by atoms with Gasteiger partial charge in [-0.25, -0.2) is 0 Å². The maximum Gasteiger partial charge on any atom is 0.305 e. The van der Waals surface area contributed by atoms with Crippen molar-refractivity contribution in [2.45, 2.75) is 379 Å². The SMILES string of the molecule is CCCCCCCCCC/C=C/C(O)C(CO)NC(=O)CCCCCCCCCCCCCCCC/C=C\CCCCCCCCCCCCCCOC(=O)CCCCCCCCCCCCCCCCCC. The van der Waals surface area contributed by atoms with Crippen LogP contribution in [0.1, 0.15) is 367 Å². The largest absolute Gasteiger partial charge is 0.466 e. The van der Waals surface area contributed by atoms with Crippen molar-refractivity contribution in [1.29, 1.82) is 0 Å². The first-order chi connectivity index (χ1) is 36.0. The van der Waals surface area contributed by atoms with Crippen molar-refractivity contribution in [2.75, 3.05) is 13.2 Å². The predicted octanol–water partition coefficient (Wildman–Crippen LogP) is 21.0. The summed E-state index contributed by atoms with van der Waals surface area (Å²) < 4.78 is 5.50. The minimum absolute atomic E-state index is 0.0206. The second-order valence-corrected chi connectivity index (χ2v) is 22.8. The Morgan fingerprint density at radius 1 is 0.370 bits per heavy atom. The van der Waals surface area contributed by atoms with Crippen LogP contribution >= 0.6 is 0 Å². The Hall–Kier alpha value is -1.66. The van der Waals surface area contributed by atoms with Crippen LogP contribution in [-0.2, 0) is 14.3 Å². The van der Waals surface area contributed by atoms with Crippen LogP contribution in [0.25, 0.3) is 0 Å². The van der Waals surface area contributed by atoms with Gasteiger partial charge in [-0.15, -0.1) is 0 Å². The summed E-state index contributed by atoms with van der Waals surface area (Å²) in [6, 6.07) is -0.624. The number of carbonyl (C=O) groups excluding carboxylic acids is 2. The van der Waals surface area contributed by atoms with Crippen molar-refractivity contribution in [3.63, 3.8) is 0 Å². The molecule has 2 unspecified atom stereocenters. The van der Waals surface area contributed by atoms with Crippen LogP contribution in [-0.4, -0.2) is 47.4 Å². The average Bonchev–Trinajstić information content (AvgIpc) is 3.39. The van der Waals surface area contributed by atoms with Crippen LogP contribution < -0.4 is 5.32 Å². The third kappa shape index (κ3) is 59.4. The lowest BCUT2D eigenvalue weighted by atomic mass is 10.0. The molecule has 432 valence electrons. The monoisotopic (exact) mass is 1030 g/mol. The lowest BCUT2D eigenvalue weighted by Crippen LogP contribution is -2.45. The highest BCUT2D eigenvalue weighted by atomic mass is 16.5. The molecule has 3 N–H and O–H groups in total. The average molecular weight is 1030 g/mol. The Bertz CT molecular complexity index is 1140. The van der Waals surface area contributed by atoms with Crippen LogP contribution in [0.2, 0.25) is 0 Å². The molecule has 0 aromatic heterocycles. The summed E-state index contributed by atoms with van der Waals surface area (Å²) in [6.07, 6.45) is 78.3. The van der Waals surface area contributed by atoms with E-state index >= 15 is 0 Å². The molecule has 0 heterocycles. The molecule has 0 saturated carbocycles. The topological polar surface area (TPSA) is 95.9 Å². The third-order valence-corrected chi connectivity index (χ3v) is 15.5. The Morgan fingerprint density at radius 2 is 0.644 bits per heavy atom. The number of allylic oxidation sites excluding steroid dienone is 3. The van der Waals surface area contributed by atoms with Crippen LogP contribution in [0.5, 0.6) is 0 Å².